The smallest absolute Gasteiger partial charge is 0.0710 e. The van der Waals surface area contributed by atoms with Gasteiger partial charge in [-0.15, -0.1) is 0 Å². The summed E-state index contributed by atoms with van der Waals surface area (Å²) >= 11 is 0. The van der Waals surface area contributed by atoms with Gasteiger partial charge < -0.3 is 5.73 Å². The van der Waals surface area contributed by atoms with Crippen molar-refractivity contribution in [2.24, 2.45) is 4.99 Å². The number of nitrogen functional groups attached to an aromatic ring is 1. The molecule has 1 aromatic rings. The average molecular weight is 232 g/mol. The van der Waals surface area contributed by atoms with Crippen LogP contribution in [0.4, 0.5) is 11.4 Å². The number of nitrogens with two attached hydrogens (primary N) is 1. The Morgan fingerprint density at radius 3 is 2.24 bits per heavy atom. The van der Waals surface area contributed by atoms with E-state index in [0.29, 0.717) is 0 Å². The molecule has 0 saturated carbocycles. The zero-order chi connectivity index (χ0) is 13.0. The first-order chi connectivity index (χ1) is 8.04. The van der Waals surface area contributed by atoms with Crippen molar-refractivity contribution in [3.63, 3.8) is 0 Å². The molecular formula is C15H24N2. The van der Waals surface area contributed by atoms with Crippen LogP contribution in [-0.2, 0) is 12.8 Å². The summed E-state index contributed by atoms with van der Waals surface area (Å²) in [6, 6.07) is 2.21. The second kappa shape index (κ2) is 5.85. The fraction of sp³-hybridized carbons (Fsp3) is 0.533. The molecule has 0 heterocycles. The van der Waals surface area contributed by atoms with Crippen LogP contribution in [0.15, 0.2) is 11.1 Å². The number of rotatable bonds is 4. The number of aryl methyl sites for hydroxylation is 2. The van der Waals surface area contributed by atoms with Crippen molar-refractivity contribution in [2.75, 3.05) is 5.73 Å². The molecule has 0 unspecified atom stereocenters. The summed E-state index contributed by atoms with van der Waals surface area (Å²) in [6.07, 6.45) is 2.97. The molecule has 94 valence electrons. The largest absolute Gasteiger partial charge is 0.398 e. The lowest BCUT2D eigenvalue weighted by molar-refractivity contribution is 1.07. The van der Waals surface area contributed by atoms with Gasteiger partial charge in [0.2, 0.25) is 0 Å². The lowest BCUT2D eigenvalue weighted by atomic mass is 9.98. The van der Waals surface area contributed by atoms with E-state index in [4.69, 9.17) is 10.7 Å². The van der Waals surface area contributed by atoms with Crippen LogP contribution in [0.25, 0.3) is 0 Å². The third kappa shape index (κ3) is 2.87. The van der Waals surface area contributed by atoms with Gasteiger partial charge in [0.15, 0.2) is 0 Å². The minimum absolute atomic E-state index is 0.910. The van der Waals surface area contributed by atoms with Crippen LogP contribution in [0, 0.1) is 6.92 Å². The minimum atomic E-state index is 0.910. The average Bonchev–Trinajstić information content (AvgIpc) is 2.35. The van der Waals surface area contributed by atoms with Gasteiger partial charge in [-0.2, -0.15) is 0 Å². The van der Waals surface area contributed by atoms with Crippen LogP contribution in [0.3, 0.4) is 0 Å². The summed E-state index contributed by atoms with van der Waals surface area (Å²) in [4.78, 5) is 4.72. The molecule has 2 N–H and O–H groups in total. The topological polar surface area (TPSA) is 38.4 Å². The summed E-state index contributed by atoms with van der Waals surface area (Å²) in [7, 11) is 0. The Morgan fingerprint density at radius 2 is 1.76 bits per heavy atom. The summed E-state index contributed by atoms with van der Waals surface area (Å²) in [5.41, 5.74) is 13.0. The number of nitrogens with zero attached hydrogens (tertiary/aromatic N) is 1. The summed E-state index contributed by atoms with van der Waals surface area (Å²) < 4.78 is 0. The highest BCUT2D eigenvalue weighted by molar-refractivity contribution is 5.86. The summed E-state index contributed by atoms with van der Waals surface area (Å²) in [5, 5.41) is 0. The van der Waals surface area contributed by atoms with Gasteiger partial charge in [0, 0.05) is 11.4 Å². The van der Waals surface area contributed by atoms with Gasteiger partial charge in [0.05, 0.1) is 5.69 Å². The molecule has 0 aliphatic rings. The first kappa shape index (κ1) is 13.8. The van der Waals surface area contributed by atoms with E-state index in [1.54, 1.807) is 0 Å². The number of aliphatic imine (C=N–C) groups is 1. The Balaban J connectivity index is 3.43. The van der Waals surface area contributed by atoms with E-state index >= 15 is 0 Å². The highest BCUT2D eigenvalue weighted by Crippen LogP contribution is 2.32. The van der Waals surface area contributed by atoms with E-state index in [2.05, 4.69) is 40.7 Å². The molecule has 0 spiro atoms. The quantitative estimate of drug-likeness (QED) is 0.613. The number of benzene rings is 1. The lowest BCUT2D eigenvalue weighted by Crippen LogP contribution is -2.00. The van der Waals surface area contributed by atoms with Crippen molar-refractivity contribution in [3.8, 4) is 0 Å². The molecule has 17 heavy (non-hydrogen) atoms. The van der Waals surface area contributed by atoms with Crippen LogP contribution in [0.1, 0.15) is 50.8 Å². The van der Waals surface area contributed by atoms with E-state index in [9.17, 15) is 0 Å². The maximum Gasteiger partial charge on any atom is 0.0710 e. The normalized spacial score (nSPS) is 11.9. The maximum absolute atomic E-state index is 6.17. The summed E-state index contributed by atoms with van der Waals surface area (Å²) in [6.45, 7) is 10.6. The second-order valence-electron chi connectivity index (χ2n) is 4.49. The van der Waals surface area contributed by atoms with Crippen molar-refractivity contribution < 1.29 is 0 Å². The number of anilines is 1. The Kier molecular flexibility index (Phi) is 4.73. The van der Waals surface area contributed by atoms with Crippen LogP contribution in [0.5, 0.6) is 0 Å². The van der Waals surface area contributed by atoms with E-state index in [-0.39, 0.29) is 0 Å². The van der Waals surface area contributed by atoms with Gasteiger partial charge in [0.25, 0.3) is 0 Å². The standard InChI is InChI=1S/C15H24N2/c1-6-10(4)17-15-11(5)14(16)12(7-2)9-13(15)8-3/h9H,6-8,16H2,1-5H3. The van der Waals surface area contributed by atoms with Gasteiger partial charge in [-0.25, -0.2) is 0 Å². The Hall–Kier alpha value is -1.31. The Bertz CT molecular complexity index is 431. The predicted octanol–water partition coefficient (Wildman–Crippen LogP) is 4.20. The lowest BCUT2D eigenvalue weighted by Gasteiger charge is -2.14. The van der Waals surface area contributed by atoms with E-state index < -0.39 is 0 Å². The highest BCUT2D eigenvalue weighted by atomic mass is 14.8. The van der Waals surface area contributed by atoms with Crippen LogP contribution in [-0.4, -0.2) is 5.71 Å². The molecule has 2 nitrogen and oxygen atoms in total. The third-order valence-electron chi connectivity index (χ3n) is 3.33. The Morgan fingerprint density at radius 1 is 1.18 bits per heavy atom. The molecule has 0 radical (unpaired) electrons. The molecule has 0 aromatic heterocycles. The molecule has 0 saturated heterocycles. The van der Waals surface area contributed by atoms with Gasteiger partial charge in [-0.3, -0.25) is 4.99 Å². The fourth-order valence-corrected chi connectivity index (χ4v) is 1.95. The van der Waals surface area contributed by atoms with Crippen LogP contribution in [0.2, 0.25) is 0 Å². The predicted molar refractivity (Wildman–Crippen MR) is 77.4 cm³/mol. The maximum atomic E-state index is 6.17. The van der Waals surface area contributed by atoms with E-state index in [0.717, 1.165) is 41.9 Å². The number of hydrogen-bond acceptors (Lipinski definition) is 2. The van der Waals surface area contributed by atoms with Crippen molar-refractivity contribution in [3.05, 3.63) is 22.8 Å². The molecular weight excluding hydrogens is 208 g/mol. The van der Waals surface area contributed by atoms with Crippen molar-refractivity contribution >= 4 is 17.1 Å². The highest BCUT2D eigenvalue weighted by Gasteiger charge is 2.11. The molecule has 0 fully saturated rings. The number of hydrogen-bond donors (Lipinski definition) is 1. The first-order valence-electron chi connectivity index (χ1n) is 6.50. The molecule has 0 amide bonds. The van der Waals surface area contributed by atoms with E-state index in [1.807, 2.05) is 0 Å². The molecule has 0 aliphatic heterocycles. The van der Waals surface area contributed by atoms with Crippen LogP contribution < -0.4 is 5.73 Å². The van der Waals surface area contributed by atoms with Crippen molar-refractivity contribution in [1.29, 1.82) is 0 Å². The molecule has 1 rings (SSSR count). The van der Waals surface area contributed by atoms with Gasteiger partial charge in [-0.1, -0.05) is 26.8 Å². The van der Waals surface area contributed by atoms with Crippen molar-refractivity contribution in [2.45, 2.75) is 53.9 Å². The molecule has 0 atom stereocenters. The molecule has 0 bridgehead atoms. The first-order valence-corrected chi connectivity index (χ1v) is 6.50. The van der Waals surface area contributed by atoms with Crippen LogP contribution >= 0.6 is 0 Å². The zero-order valence-corrected chi connectivity index (χ0v) is 11.7. The Labute approximate surface area is 105 Å². The monoisotopic (exact) mass is 232 g/mol. The van der Waals surface area contributed by atoms with Gasteiger partial charge >= 0.3 is 0 Å². The zero-order valence-electron chi connectivity index (χ0n) is 11.7. The molecule has 0 aliphatic carbocycles. The SMILES string of the molecule is CCC(C)=Nc1c(CC)cc(CC)c(N)c1C. The summed E-state index contributed by atoms with van der Waals surface area (Å²) in [5.74, 6) is 0. The van der Waals surface area contributed by atoms with Gasteiger partial charge in [-0.05, 0) is 49.8 Å². The molecule has 1 aromatic carbocycles. The van der Waals surface area contributed by atoms with Crippen molar-refractivity contribution in [1.82, 2.24) is 0 Å². The van der Waals surface area contributed by atoms with Gasteiger partial charge in [0.1, 0.15) is 0 Å². The third-order valence-corrected chi connectivity index (χ3v) is 3.33. The fourth-order valence-electron chi connectivity index (χ4n) is 1.95. The second-order valence-corrected chi connectivity index (χ2v) is 4.49. The van der Waals surface area contributed by atoms with E-state index in [1.165, 1.54) is 11.1 Å². The minimum Gasteiger partial charge on any atom is -0.398 e. The molecule has 2 heteroatoms.